The van der Waals surface area contributed by atoms with Gasteiger partial charge in [0.15, 0.2) is 0 Å². The lowest BCUT2D eigenvalue weighted by Gasteiger charge is -2.26. The van der Waals surface area contributed by atoms with Crippen LogP contribution in [0.1, 0.15) is 28.6 Å². The Kier molecular flexibility index (Phi) is 5.54. The highest BCUT2D eigenvalue weighted by molar-refractivity contribution is 7.89. The zero-order valence-electron chi connectivity index (χ0n) is 16.0. The van der Waals surface area contributed by atoms with E-state index in [0.29, 0.717) is 18.4 Å². The first-order chi connectivity index (χ1) is 14.0. The molecule has 29 heavy (non-hydrogen) atoms. The lowest BCUT2D eigenvalue weighted by Crippen LogP contribution is -2.35. The van der Waals surface area contributed by atoms with Crippen LogP contribution in [0, 0.1) is 0 Å². The third-order valence-corrected chi connectivity index (χ3v) is 8.16. The molecule has 0 radical (unpaired) electrons. The maximum Gasteiger partial charge on any atom is 0.349 e. The number of nitrogens with zero attached hydrogens (tertiary/aromatic N) is 1. The van der Waals surface area contributed by atoms with Crippen molar-refractivity contribution in [1.82, 2.24) is 4.31 Å². The molecule has 0 saturated heterocycles. The van der Waals surface area contributed by atoms with Crippen LogP contribution < -0.4 is 0 Å². The number of sulfonamides is 1. The van der Waals surface area contributed by atoms with Crippen molar-refractivity contribution >= 4 is 43.0 Å². The number of carbonyl (C=O) groups is 1. The van der Waals surface area contributed by atoms with E-state index in [9.17, 15) is 13.2 Å². The summed E-state index contributed by atoms with van der Waals surface area (Å²) in [6.45, 7) is 2.55. The van der Waals surface area contributed by atoms with Crippen molar-refractivity contribution in [2.45, 2.75) is 18.2 Å². The van der Waals surface area contributed by atoms with Crippen LogP contribution in [-0.4, -0.2) is 38.4 Å². The van der Waals surface area contributed by atoms with Crippen molar-refractivity contribution in [3.05, 3.63) is 71.1 Å². The topological polar surface area (TPSA) is 63.7 Å². The first kappa shape index (κ1) is 19.8. The summed E-state index contributed by atoms with van der Waals surface area (Å²) in [5.41, 5.74) is 2.25. The largest absolute Gasteiger partial charge is 0.462 e. The molecular formula is C22H21NO4S2. The molecule has 2 heterocycles. The molecule has 0 atom stereocenters. The van der Waals surface area contributed by atoms with E-state index in [2.05, 4.69) is 0 Å². The van der Waals surface area contributed by atoms with Gasteiger partial charge in [-0.3, -0.25) is 0 Å². The number of rotatable bonds is 5. The molecule has 3 aromatic rings. The Hall–Kier alpha value is -2.48. The zero-order valence-corrected chi connectivity index (χ0v) is 17.6. The van der Waals surface area contributed by atoms with E-state index in [4.69, 9.17) is 4.74 Å². The van der Waals surface area contributed by atoms with E-state index in [1.54, 1.807) is 19.1 Å². The molecule has 7 heteroatoms. The van der Waals surface area contributed by atoms with Crippen LogP contribution in [0.15, 0.2) is 65.6 Å². The summed E-state index contributed by atoms with van der Waals surface area (Å²) >= 11 is 1.16. The highest BCUT2D eigenvalue weighted by Gasteiger charge is 2.34. The number of carbonyl (C=O) groups excluding carboxylic acids is 1. The second-order valence-corrected chi connectivity index (χ2v) is 9.61. The monoisotopic (exact) mass is 427 g/mol. The molecule has 1 aliphatic heterocycles. The fourth-order valence-corrected chi connectivity index (χ4v) is 6.65. The molecule has 0 spiro atoms. The molecule has 2 aromatic carbocycles. The summed E-state index contributed by atoms with van der Waals surface area (Å²) in [6.07, 6.45) is 2.58. The molecule has 5 nitrogen and oxygen atoms in total. The molecular weight excluding hydrogens is 406 g/mol. The summed E-state index contributed by atoms with van der Waals surface area (Å²) in [7, 11) is -3.85. The van der Waals surface area contributed by atoms with Crippen LogP contribution in [0.2, 0.25) is 0 Å². The Morgan fingerprint density at radius 2 is 1.83 bits per heavy atom. The number of benzene rings is 2. The maximum atomic E-state index is 13.5. The van der Waals surface area contributed by atoms with Crippen molar-refractivity contribution in [3.63, 3.8) is 0 Å². The maximum absolute atomic E-state index is 13.5. The van der Waals surface area contributed by atoms with E-state index in [1.807, 2.05) is 48.5 Å². The van der Waals surface area contributed by atoms with E-state index in [0.717, 1.165) is 27.2 Å². The van der Waals surface area contributed by atoms with Crippen LogP contribution in [0.3, 0.4) is 0 Å². The average molecular weight is 428 g/mol. The van der Waals surface area contributed by atoms with Crippen LogP contribution in [-0.2, 0) is 14.8 Å². The smallest absolute Gasteiger partial charge is 0.349 e. The van der Waals surface area contributed by atoms with E-state index in [1.165, 1.54) is 4.31 Å². The SMILES string of the molecule is CCOC(=O)c1sc2ccccc2c1S(=O)(=O)N1CC=C(c2ccccc2)CC1. The first-order valence-electron chi connectivity index (χ1n) is 9.45. The Labute approximate surface area is 174 Å². The fourth-order valence-electron chi connectivity index (χ4n) is 3.52. The van der Waals surface area contributed by atoms with Gasteiger partial charge in [0.05, 0.1) is 6.61 Å². The van der Waals surface area contributed by atoms with Crippen molar-refractivity contribution in [2.75, 3.05) is 19.7 Å². The summed E-state index contributed by atoms with van der Waals surface area (Å²) in [5.74, 6) is -0.593. The van der Waals surface area contributed by atoms with Gasteiger partial charge < -0.3 is 4.74 Å². The summed E-state index contributed by atoms with van der Waals surface area (Å²) in [4.78, 5) is 12.7. The van der Waals surface area contributed by atoms with Gasteiger partial charge >= 0.3 is 5.97 Å². The van der Waals surface area contributed by atoms with Crippen LogP contribution in [0.25, 0.3) is 15.7 Å². The van der Waals surface area contributed by atoms with Crippen molar-refractivity contribution < 1.29 is 17.9 Å². The Balaban J connectivity index is 1.73. The van der Waals surface area contributed by atoms with Crippen LogP contribution in [0.4, 0.5) is 0 Å². The Bertz CT molecular complexity index is 1180. The molecule has 0 saturated carbocycles. The highest BCUT2D eigenvalue weighted by atomic mass is 32.2. The van der Waals surface area contributed by atoms with Gasteiger partial charge in [0.25, 0.3) is 0 Å². The molecule has 0 bridgehead atoms. The van der Waals surface area contributed by atoms with Gasteiger partial charge in [-0.2, -0.15) is 4.31 Å². The second-order valence-electron chi connectivity index (χ2n) is 6.69. The van der Waals surface area contributed by atoms with Crippen molar-refractivity contribution in [2.24, 2.45) is 0 Å². The molecule has 0 N–H and O–H groups in total. The van der Waals surface area contributed by atoms with Gasteiger partial charge in [-0.05, 0) is 30.5 Å². The van der Waals surface area contributed by atoms with Crippen LogP contribution >= 0.6 is 11.3 Å². The van der Waals surface area contributed by atoms with Gasteiger partial charge in [0, 0.05) is 23.2 Å². The van der Waals surface area contributed by atoms with Gasteiger partial charge in [-0.15, -0.1) is 11.3 Å². The van der Waals surface area contributed by atoms with Gasteiger partial charge in [0.2, 0.25) is 10.0 Å². The Morgan fingerprint density at radius 3 is 2.52 bits per heavy atom. The molecule has 0 amide bonds. The number of hydrogen-bond acceptors (Lipinski definition) is 5. The number of hydrogen-bond donors (Lipinski definition) is 0. The number of fused-ring (bicyclic) bond motifs is 1. The molecule has 0 fully saturated rings. The van der Waals surface area contributed by atoms with Gasteiger partial charge in [-0.1, -0.05) is 54.6 Å². The predicted octanol–water partition coefficient (Wildman–Crippen LogP) is 4.56. The van der Waals surface area contributed by atoms with Crippen molar-refractivity contribution in [3.8, 4) is 0 Å². The molecule has 0 unspecified atom stereocenters. The quantitative estimate of drug-likeness (QED) is 0.560. The summed E-state index contributed by atoms with van der Waals surface area (Å²) < 4.78 is 34.4. The minimum Gasteiger partial charge on any atom is -0.462 e. The fraction of sp³-hybridized carbons (Fsp3) is 0.227. The lowest BCUT2D eigenvalue weighted by molar-refractivity contribution is 0.0528. The minimum atomic E-state index is -3.85. The van der Waals surface area contributed by atoms with E-state index >= 15 is 0 Å². The first-order valence-corrected chi connectivity index (χ1v) is 11.7. The normalized spacial score (nSPS) is 15.3. The van der Waals surface area contributed by atoms with Crippen molar-refractivity contribution in [1.29, 1.82) is 0 Å². The zero-order chi connectivity index (χ0) is 20.4. The molecule has 1 aromatic heterocycles. The van der Waals surface area contributed by atoms with Gasteiger partial charge in [-0.25, -0.2) is 13.2 Å². The molecule has 1 aliphatic rings. The molecule has 4 rings (SSSR count). The highest BCUT2D eigenvalue weighted by Crippen LogP contribution is 2.38. The average Bonchev–Trinajstić information content (AvgIpc) is 3.15. The lowest BCUT2D eigenvalue weighted by atomic mass is 10.0. The van der Waals surface area contributed by atoms with Gasteiger partial charge in [0.1, 0.15) is 9.77 Å². The summed E-state index contributed by atoms with van der Waals surface area (Å²) in [6, 6.07) is 17.2. The third kappa shape index (κ3) is 3.73. The summed E-state index contributed by atoms with van der Waals surface area (Å²) in [5, 5.41) is 0.568. The van der Waals surface area contributed by atoms with E-state index < -0.39 is 16.0 Å². The molecule has 150 valence electrons. The van der Waals surface area contributed by atoms with E-state index in [-0.39, 0.29) is 22.9 Å². The van der Waals surface area contributed by atoms with Crippen LogP contribution in [0.5, 0.6) is 0 Å². The third-order valence-electron chi connectivity index (χ3n) is 4.93. The Morgan fingerprint density at radius 1 is 1.10 bits per heavy atom. The number of ether oxygens (including phenoxy) is 1. The number of esters is 1. The standard InChI is InChI=1S/C22H21NO4S2/c1-2-27-22(24)20-21(18-10-6-7-11-19(18)28-20)29(25,26)23-14-12-17(13-15-23)16-8-4-3-5-9-16/h3-12H,2,13-15H2,1H3. The number of thiophene rings is 1. The second kappa shape index (κ2) is 8.10. The predicted molar refractivity (Wildman–Crippen MR) is 116 cm³/mol. The molecule has 0 aliphatic carbocycles. The minimum absolute atomic E-state index is 0.0631.